The fraction of sp³-hybridized carbons (Fsp3) is 0.667. The highest BCUT2D eigenvalue weighted by Gasteiger charge is 2.52. The van der Waals surface area contributed by atoms with E-state index in [9.17, 15) is 4.39 Å². The summed E-state index contributed by atoms with van der Waals surface area (Å²) in [6.07, 6.45) is 4.87. The highest BCUT2D eigenvalue weighted by molar-refractivity contribution is 6.54. The third-order valence-electron chi connectivity index (χ3n) is 3.69. The molecule has 0 spiro atoms. The lowest BCUT2D eigenvalue weighted by Gasteiger charge is -2.32. The van der Waals surface area contributed by atoms with Crippen LogP contribution in [0.5, 0.6) is 0 Å². The van der Waals surface area contributed by atoms with Gasteiger partial charge in [0.1, 0.15) is 5.83 Å². The van der Waals surface area contributed by atoms with Gasteiger partial charge in [-0.1, -0.05) is 6.08 Å². The van der Waals surface area contributed by atoms with Gasteiger partial charge in [0.2, 0.25) is 0 Å². The molecule has 1 aliphatic carbocycles. The van der Waals surface area contributed by atoms with Crippen LogP contribution in [0.1, 0.15) is 40.5 Å². The van der Waals surface area contributed by atoms with Crippen LogP contribution in [0.2, 0.25) is 0 Å². The molecule has 1 heterocycles. The van der Waals surface area contributed by atoms with Crippen LogP contribution in [0.4, 0.5) is 4.39 Å². The number of hydrogen-bond acceptors (Lipinski definition) is 2. The summed E-state index contributed by atoms with van der Waals surface area (Å²) in [5.74, 6) is -0.204. The van der Waals surface area contributed by atoms with E-state index in [1.165, 1.54) is 6.08 Å². The van der Waals surface area contributed by atoms with Crippen molar-refractivity contribution < 1.29 is 13.7 Å². The van der Waals surface area contributed by atoms with Crippen molar-refractivity contribution in [1.82, 2.24) is 0 Å². The zero-order valence-electron chi connectivity index (χ0n) is 10.3. The van der Waals surface area contributed by atoms with Crippen molar-refractivity contribution >= 4 is 7.12 Å². The van der Waals surface area contributed by atoms with Gasteiger partial charge in [-0.2, -0.15) is 0 Å². The molecule has 0 amide bonds. The topological polar surface area (TPSA) is 18.5 Å². The van der Waals surface area contributed by atoms with Crippen LogP contribution < -0.4 is 0 Å². The second kappa shape index (κ2) is 3.71. The van der Waals surface area contributed by atoms with Crippen LogP contribution in [0.15, 0.2) is 23.5 Å². The van der Waals surface area contributed by atoms with Crippen LogP contribution in [-0.2, 0) is 9.31 Å². The maximum Gasteiger partial charge on any atom is 0.493 e. The maximum atomic E-state index is 13.6. The van der Waals surface area contributed by atoms with E-state index in [1.807, 2.05) is 33.8 Å². The highest BCUT2D eigenvalue weighted by Crippen LogP contribution is 2.40. The minimum atomic E-state index is -0.532. The molecule has 0 saturated carbocycles. The molecule has 1 aliphatic heterocycles. The van der Waals surface area contributed by atoms with Crippen molar-refractivity contribution in [3.8, 4) is 0 Å². The van der Waals surface area contributed by atoms with E-state index >= 15 is 0 Å². The lowest BCUT2D eigenvalue weighted by atomic mass is 9.73. The fourth-order valence-electron chi connectivity index (χ4n) is 1.87. The summed E-state index contributed by atoms with van der Waals surface area (Å²) in [7, 11) is -0.532. The molecule has 1 fully saturated rings. The summed E-state index contributed by atoms with van der Waals surface area (Å²) < 4.78 is 25.3. The van der Waals surface area contributed by atoms with E-state index in [1.54, 1.807) is 0 Å². The van der Waals surface area contributed by atoms with E-state index in [4.69, 9.17) is 9.31 Å². The first kappa shape index (κ1) is 11.9. The highest BCUT2D eigenvalue weighted by atomic mass is 19.1. The largest absolute Gasteiger partial charge is 0.493 e. The zero-order chi connectivity index (χ0) is 12.0. The van der Waals surface area contributed by atoms with Crippen molar-refractivity contribution in [2.75, 3.05) is 0 Å². The summed E-state index contributed by atoms with van der Waals surface area (Å²) in [6.45, 7) is 7.91. The predicted octanol–water partition coefficient (Wildman–Crippen LogP) is 3.19. The molecule has 0 aromatic rings. The minimum Gasteiger partial charge on any atom is -0.399 e. The smallest absolute Gasteiger partial charge is 0.399 e. The van der Waals surface area contributed by atoms with Crippen LogP contribution >= 0.6 is 0 Å². The summed E-state index contributed by atoms with van der Waals surface area (Å²) in [5.41, 5.74) is -0.153. The molecule has 0 aromatic carbocycles. The average Bonchev–Trinajstić information content (AvgIpc) is 2.36. The second-order valence-corrected chi connectivity index (χ2v) is 5.40. The van der Waals surface area contributed by atoms with Crippen LogP contribution in [0, 0.1) is 0 Å². The maximum absolute atomic E-state index is 13.6. The number of allylic oxidation sites excluding steroid dienone is 4. The third kappa shape index (κ3) is 1.85. The molecular formula is C12H18BFO2. The van der Waals surface area contributed by atoms with E-state index in [-0.39, 0.29) is 5.83 Å². The Hall–Kier alpha value is -0.605. The van der Waals surface area contributed by atoms with Crippen molar-refractivity contribution in [3.63, 3.8) is 0 Å². The summed E-state index contributed by atoms with van der Waals surface area (Å²) in [6, 6.07) is 0. The Morgan fingerprint density at radius 1 is 1.19 bits per heavy atom. The van der Waals surface area contributed by atoms with Crippen molar-refractivity contribution in [1.29, 1.82) is 0 Å². The van der Waals surface area contributed by atoms with Gasteiger partial charge in [-0.15, -0.1) is 0 Å². The standard InChI is InChI=1S/C12H18BFO2/c1-11(2)12(3,4)16-13(15-11)9-7-5-6-8-10(9)14/h6,8H,5,7H2,1-4H3. The van der Waals surface area contributed by atoms with E-state index < -0.39 is 18.3 Å². The quantitative estimate of drug-likeness (QED) is 0.636. The molecule has 2 aliphatic rings. The van der Waals surface area contributed by atoms with E-state index in [0.29, 0.717) is 11.9 Å². The second-order valence-electron chi connectivity index (χ2n) is 5.40. The normalized spacial score (nSPS) is 27.7. The predicted molar refractivity (Wildman–Crippen MR) is 62.6 cm³/mol. The molecule has 0 atom stereocenters. The molecule has 2 rings (SSSR count). The summed E-state index contributed by atoms with van der Waals surface area (Å²) in [4.78, 5) is 0. The first-order valence-corrected chi connectivity index (χ1v) is 5.74. The van der Waals surface area contributed by atoms with Crippen LogP contribution in [0.3, 0.4) is 0 Å². The average molecular weight is 224 g/mol. The molecule has 0 bridgehead atoms. The Morgan fingerprint density at radius 3 is 2.25 bits per heavy atom. The Morgan fingerprint density at radius 2 is 1.75 bits per heavy atom. The van der Waals surface area contributed by atoms with Gasteiger partial charge in [-0.3, -0.25) is 0 Å². The van der Waals surface area contributed by atoms with Crippen molar-refractivity contribution in [2.45, 2.75) is 51.7 Å². The van der Waals surface area contributed by atoms with Gasteiger partial charge in [0, 0.05) is 0 Å². The molecular weight excluding hydrogens is 206 g/mol. The van der Waals surface area contributed by atoms with Crippen molar-refractivity contribution in [3.05, 3.63) is 23.5 Å². The van der Waals surface area contributed by atoms with Gasteiger partial charge < -0.3 is 9.31 Å². The SMILES string of the molecule is CC1(C)OB(C2=C(F)C=CCC2)OC1(C)C. The van der Waals surface area contributed by atoms with Gasteiger partial charge in [-0.25, -0.2) is 4.39 Å². The molecule has 1 saturated heterocycles. The van der Waals surface area contributed by atoms with E-state index in [0.717, 1.165) is 6.42 Å². The molecule has 0 N–H and O–H groups in total. The minimum absolute atomic E-state index is 0.204. The monoisotopic (exact) mass is 224 g/mol. The molecule has 0 radical (unpaired) electrons. The Labute approximate surface area is 96.6 Å². The molecule has 0 aromatic heterocycles. The van der Waals surface area contributed by atoms with Crippen LogP contribution in [0.25, 0.3) is 0 Å². The number of hydrogen-bond donors (Lipinski definition) is 0. The lowest BCUT2D eigenvalue weighted by molar-refractivity contribution is 0.00578. The molecule has 88 valence electrons. The summed E-state index contributed by atoms with van der Waals surface area (Å²) >= 11 is 0. The van der Waals surface area contributed by atoms with Gasteiger partial charge >= 0.3 is 7.12 Å². The number of halogens is 1. The van der Waals surface area contributed by atoms with Gasteiger partial charge in [0.15, 0.2) is 0 Å². The Balaban J connectivity index is 2.24. The van der Waals surface area contributed by atoms with Crippen LogP contribution in [-0.4, -0.2) is 18.3 Å². The van der Waals surface area contributed by atoms with Crippen molar-refractivity contribution in [2.24, 2.45) is 0 Å². The fourth-order valence-corrected chi connectivity index (χ4v) is 1.87. The summed E-state index contributed by atoms with van der Waals surface area (Å²) in [5, 5.41) is 0. The molecule has 2 nitrogen and oxygen atoms in total. The van der Waals surface area contributed by atoms with Gasteiger partial charge in [-0.05, 0) is 52.1 Å². The van der Waals surface area contributed by atoms with Gasteiger partial charge in [0.25, 0.3) is 0 Å². The zero-order valence-corrected chi connectivity index (χ0v) is 10.3. The first-order chi connectivity index (χ1) is 7.33. The molecule has 4 heteroatoms. The Bertz CT molecular complexity index is 342. The Kier molecular flexibility index (Phi) is 2.75. The third-order valence-corrected chi connectivity index (χ3v) is 3.69. The first-order valence-electron chi connectivity index (χ1n) is 5.74. The van der Waals surface area contributed by atoms with E-state index in [2.05, 4.69) is 0 Å². The molecule has 0 unspecified atom stereocenters. The lowest BCUT2D eigenvalue weighted by Crippen LogP contribution is -2.41. The van der Waals surface area contributed by atoms with Gasteiger partial charge in [0.05, 0.1) is 11.2 Å². The number of rotatable bonds is 1. The molecule has 16 heavy (non-hydrogen) atoms.